The first-order valence-corrected chi connectivity index (χ1v) is 12.3. The van der Waals surface area contributed by atoms with E-state index in [-0.39, 0.29) is 0 Å². The molecule has 0 bridgehead atoms. The molecule has 0 unspecified atom stereocenters. The molecular weight excluding hydrogens is 436 g/mol. The van der Waals surface area contributed by atoms with Gasteiger partial charge in [0.15, 0.2) is 11.0 Å². The van der Waals surface area contributed by atoms with E-state index in [4.69, 9.17) is 9.72 Å². The number of hydrogen-bond acceptors (Lipinski definition) is 6. The molecule has 4 aromatic rings. The van der Waals surface area contributed by atoms with Crippen LogP contribution in [0.5, 0.6) is 5.75 Å². The molecule has 0 saturated heterocycles. The Morgan fingerprint density at radius 3 is 2.62 bits per heavy atom. The van der Waals surface area contributed by atoms with Crippen LogP contribution < -0.4 is 4.74 Å². The predicted molar refractivity (Wildman–Crippen MR) is 132 cm³/mol. The fraction of sp³-hybridized carbons (Fsp3) is 0.240. The smallest absolute Gasteiger partial charge is 0.191 e. The van der Waals surface area contributed by atoms with E-state index in [0.717, 1.165) is 33.2 Å². The van der Waals surface area contributed by atoms with Gasteiger partial charge in [-0.1, -0.05) is 48.2 Å². The van der Waals surface area contributed by atoms with Crippen molar-refractivity contribution >= 4 is 23.1 Å². The summed E-state index contributed by atoms with van der Waals surface area (Å²) in [7, 11) is 0. The van der Waals surface area contributed by atoms with Gasteiger partial charge < -0.3 is 4.74 Å². The molecule has 4 rings (SSSR count). The van der Waals surface area contributed by atoms with Crippen LogP contribution >= 0.6 is 23.1 Å². The number of ether oxygens (including phenoxy) is 1. The van der Waals surface area contributed by atoms with E-state index >= 15 is 0 Å². The van der Waals surface area contributed by atoms with Crippen molar-refractivity contribution in [1.29, 1.82) is 0 Å². The minimum atomic E-state index is 0.360. The molecule has 32 heavy (non-hydrogen) atoms. The SMILES string of the molecule is C=CCn1c(COc2cc(C)cc(C)c2)nnc1SCc1csc(-c2ccccc2C)n1. The Morgan fingerprint density at radius 2 is 1.88 bits per heavy atom. The summed E-state index contributed by atoms with van der Waals surface area (Å²) < 4.78 is 8.05. The van der Waals surface area contributed by atoms with Crippen molar-refractivity contribution in [2.45, 2.75) is 44.8 Å². The Kier molecular flexibility index (Phi) is 7.07. The molecule has 0 atom stereocenters. The Labute approximate surface area is 197 Å². The lowest BCUT2D eigenvalue weighted by atomic mass is 10.1. The third-order valence-electron chi connectivity index (χ3n) is 4.94. The van der Waals surface area contributed by atoms with Gasteiger partial charge in [-0.2, -0.15) is 0 Å². The standard InChI is InChI=1S/C25H26N4OS2/c1-5-10-29-23(14-30-21-12-17(2)11-18(3)13-21)27-28-25(29)32-16-20-15-31-24(26-20)22-9-7-6-8-19(22)4/h5-9,11-13,15H,1,10,14,16H2,2-4H3. The molecular formula is C25H26N4OS2. The van der Waals surface area contributed by atoms with E-state index in [0.29, 0.717) is 13.2 Å². The number of hydrogen-bond donors (Lipinski definition) is 0. The summed E-state index contributed by atoms with van der Waals surface area (Å²) in [4.78, 5) is 4.83. The molecule has 2 aromatic heterocycles. The molecule has 5 nitrogen and oxygen atoms in total. The summed E-state index contributed by atoms with van der Waals surface area (Å²) in [6, 6.07) is 14.5. The zero-order chi connectivity index (χ0) is 22.5. The molecule has 164 valence electrons. The Bertz CT molecular complexity index is 1210. The van der Waals surface area contributed by atoms with Crippen LogP contribution in [0.15, 0.2) is 65.7 Å². The molecule has 0 spiro atoms. The highest BCUT2D eigenvalue weighted by molar-refractivity contribution is 7.98. The third kappa shape index (κ3) is 5.29. The van der Waals surface area contributed by atoms with Gasteiger partial charge in [-0.25, -0.2) is 4.98 Å². The Morgan fingerprint density at radius 1 is 1.09 bits per heavy atom. The van der Waals surface area contributed by atoms with Gasteiger partial charge in [-0.05, 0) is 49.6 Å². The zero-order valence-corrected chi connectivity index (χ0v) is 20.2. The van der Waals surface area contributed by atoms with Crippen LogP contribution in [-0.4, -0.2) is 19.7 Å². The average molecular weight is 463 g/mol. The van der Waals surface area contributed by atoms with Crippen molar-refractivity contribution < 1.29 is 4.74 Å². The molecule has 0 aliphatic rings. The lowest BCUT2D eigenvalue weighted by Gasteiger charge is -2.10. The van der Waals surface area contributed by atoms with Gasteiger partial charge in [-0.3, -0.25) is 4.57 Å². The van der Waals surface area contributed by atoms with Gasteiger partial charge in [-0.15, -0.1) is 28.1 Å². The average Bonchev–Trinajstić information content (AvgIpc) is 3.38. The number of allylic oxidation sites excluding steroid dienone is 1. The lowest BCUT2D eigenvalue weighted by molar-refractivity contribution is 0.289. The normalized spacial score (nSPS) is 11.0. The molecule has 0 amide bonds. The van der Waals surface area contributed by atoms with Crippen LogP contribution in [0.3, 0.4) is 0 Å². The van der Waals surface area contributed by atoms with Crippen molar-refractivity contribution in [2.24, 2.45) is 0 Å². The van der Waals surface area contributed by atoms with Crippen molar-refractivity contribution in [3.8, 4) is 16.3 Å². The van der Waals surface area contributed by atoms with Crippen molar-refractivity contribution in [2.75, 3.05) is 0 Å². The summed E-state index contributed by atoms with van der Waals surface area (Å²) in [6.45, 7) is 11.1. The lowest BCUT2D eigenvalue weighted by Crippen LogP contribution is -2.07. The van der Waals surface area contributed by atoms with Gasteiger partial charge in [0, 0.05) is 23.2 Å². The van der Waals surface area contributed by atoms with Crippen LogP contribution in [0.1, 0.15) is 28.2 Å². The van der Waals surface area contributed by atoms with E-state index in [9.17, 15) is 0 Å². The van der Waals surface area contributed by atoms with Crippen LogP contribution in [0.4, 0.5) is 0 Å². The first kappa shape index (κ1) is 22.3. The van der Waals surface area contributed by atoms with Gasteiger partial charge in [0.05, 0.1) is 5.69 Å². The largest absolute Gasteiger partial charge is 0.486 e. The number of thiazole rings is 1. The summed E-state index contributed by atoms with van der Waals surface area (Å²) >= 11 is 3.31. The monoisotopic (exact) mass is 462 g/mol. The van der Waals surface area contributed by atoms with Gasteiger partial charge in [0.2, 0.25) is 0 Å². The molecule has 0 radical (unpaired) electrons. The zero-order valence-electron chi connectivity index (χ0n) is 18.5. The van der Waals surface area contributed by atoms with Gasteiger partial charge in [0.1, 0.15) is 17.4 Å². The summed E-state index contributed by atoms with van der Waals surface area (Å²) in [5.74, 6) is 2.36. The molecule has 0 saturated carbocycles. The number of nitrogens with zero attached hydrogens (tertiary/aromatic N) is 4. The number of thioether (sulfide) groups is 1. The van der Waals surface area contributed by atoms with Gasteiger partial charge in [0.25, 0.3) is 0 Å². The summed E-state index contributed by atoms with van der Waals surface area (Å²) in [5, 5.41) is 12.8. The van der Waals surface area contributed by atoms with E-state index in [2.05, 4.69) is 77.8 Å². The van der Waals surface area contributed by atoms with Crippen molar-refractivity contribution in [3.63, 3.8) is 0 Å². The molecule has 0 N–H and O–H groups in total. The Hall–Kier alpha value is -2.90. The summed E-state index contributed by atoms with van der Waals surface area (Å²) in [5.41, 5.74) is 5.82. The quantitative estimate of drug-likeness (QED) is 0.213. The number of aromatic nitrogens is 4. The van der Waals surface area contributed by atoms with E-state index in [1.165, 1.54) is 22.3 Å². The fourth-order valence-electron chi connectivity index (χ4n) is 3.46. The van der Waals surface area contributed by atoms with Crippen LogP contribution in [-0.2, 0) is 18.9 Å². The van der Waals surface area contributed by atoms with E-state index in [1.807, 2.05) is 18.2 Å². The summed E-state index contributed by atoms with van der Waals surface area (Å²) in [6.07, 6.45) is 1.85. The first-order valence-electron chi connectivity index (χ1n) is 10.4. The molecule has 7 heteroatoms. The maximum absolute atomic E-state index is 6.00. The maximum atomic E-state index is 6.00. The van der Waals surface area contributed by atoms with Gasteiger partial charge >= 0.3 is 0 Å². The first-order chi connectivity index (χ1) is 15.5. The maximum Gasteiger partial charge on any atom is 0.191 e. The molecule has 0 fully saturated rings. The van der Waals surface area contributed by atoms with Crippen LogP contribution in [0.25, 0.3) is 10.6 Å². The second-order valence-corrected chi connectivity index (χ2v) is 9.46. The highest BCUT2D eigenvalue weighted by atomic mass is 32.2. The number of aryl methyl sites for hydroxylation is 3. The molecule has 2 aromatic carbocycles. The predicted octanol–water partition coefficient (Wildman–Crippen LogP) is 6.38. The van der Waals surface area contributed by atoms with Crippen molar-refractivity contribution in [1.82, 2.24) is 19.7 Å². The minimum Gasteiger partial charge on any atom is -0.486 e. The highest BCUT2D eigenvalue weighted by Crippen LogP contribution is 2.29. The fourth-order valence-corrected chi connectivity index (χ4v) is 5.33. The number of benzene rings is 2. The molecule has 0 aliphatic heterocycles. The van der Waals surface area contributed by atoms with Crippen LogP contribution in [0.2, 0.25) is 0 Å². The highest BCUT2D eigenvalue weighted by Gasteiger charge is 2.14. The third-order valence-corrected chi connectivity index (χ3v) is 6.87. The second kappa shape index (κ2) is 10.1. The Balaban J connectivity index is 1.44. The van der Waals surface area contributed by atoms with Crippen molar-refractivity contribution in [3.05, 3.63) is 88.7 Å². The van der Waals surface area contributed by atoms with E-state index in [1.54, 1.807) is 23.1 Å². The minimum absolute atomic E-state index is 0.360. The molecule has 2 heterocycles. The van der Waals surface area contributed by atoms with E-state index < -0.39 is 0 Å². The molecule has 0 aliphatic carbocycles. The number of rotatable bonds is 9. The topological polar surface area (TPSA) is 52.8 Å². The second-order valence-electron chi connectivity index (χ2n) is 7.66. The van der Waals surface area contributed by atoms with Crippen LogP contribution in [0, 0.1) is 20.8 Å².